The van der Waals surface area contributed by atoms with Gasteiger partial charge in [-0.15, -0.1) is 0 Å². The minimum absolute atomic E-state index is 0.0631. The van der Waals surface area contributed by atoms with E-state index in [1.807, 2.05) is 0 Å². The molecule has 1 aromatic carbocycles. The summed E-state index contributed by atoms with van der Waals surface area (Å²) in [5, 5.41) is 6.95. The Bertz CT molecular complexity index is 767. The number of benzene rings is 1. The van der Waals surface area contributed by atoms with Crippen LogP contribution in [0.4, 0.5) is 5.69 Å². The molecule has 9 heteroatoms. The number of aryl methyl sites for hydroxylation is 2. The number of nitrogens with zero attached hydrogens (tertiary/aromatic N) is 1. The average molecular weight is 349 g/mol. The van der Waals surface area contributed by atoms with Crippen molar-refractivity contribution < 1.29 is 8.42 Å². The highest BCUT2D eigenvalue weighted by Gasteiger charge is 2.23. The second-order valence-corrected chi connectivity index (χ2v) is 6.96. The van der Waals surface area contributed by atoms with Crippen LogP contribution in [0.3, 0.4) is 0 Å². The van der Waals surface area contributed by atoms with Gasteiger partial charge in [-0.3, -0.25) is 9.82 Å². The molecular formula is C12H14Cl2N4O2S. The van der Waals surface area contributed by atoms with Crippen molar-refractivity contribution in [1.82, 2.24) is 10.2 Å². The molecule has 0 fully saturated rings. The van der Waals surface area contributed by atoms with Gasteiger partial charge in [0.2, 0.25) is 0 Å². The maximum absolute atomic E-state index is 12.5. The van der Waals surface area contributed by atoms with Crippen molar-refractivity contribution in [3.05, 3.63) is 39.1 Å². The van der Waals surface area contributed by atoms with Crippen molar-refractivity contribution in [2.75, 3.05) is 4.72 Å². The van der Waals surface area contributed by atoms with Gasteiger partial charge in [0.05, 0.1) is 22.1 Å². The summed E-state index contributed by atoms with van der Waals surface area (Å²) < 4.78 is 27.5. The van der Waals surface area contributed by atoms with E-state index < -0.39 is 10.0 Å². The molecule has 0 amide bonds. The second kappa shape index (κ2) is 5.84. The van der Waals surface area contributed by atoms with Crippen LogP contribution in [0.25, 0.3) is 0 Å². The Hall–Kier alpha value is -1.28. The molecule has 0 bridgehead atoms. The van der Waals surface area contributed by atoms with Crippen LogP contribution >= 0.6 is 23.2 Å². The molecule has 0 saturated heterocycles. The molecule has 0 aliphatic carbocycles. The predicted octanol–water partition coefficient (Wildman–Crippen LogP) is 2.59. The van der Waals surface area contributed by atoms with Gasteiger partial charge in [0.15, 0.2) is 0 Å². The number of nitrogens with one attached hydrogen (secondary N) is 2. The van der Waals surface area contributed by atoms with Gasteiger partial charge in [-0.05, 0) is 31.5 Å². The van der Waals surface area contributed by atoms with Crippen molar-refractivity contribution >= 4 is 38.9 Å². The van der Waals surface area contributed by atoms with E-state index in [2.05, 4.69) is 14.9 Å². The van der Waals surface area contributed by atoms with Crippen LogP contribution < -0.4 is 10.5 Å². The van der Waals surface area contributed by atoms with Crippen molar-refractivity contribution in [2.45, 2.75) is 25.3 Å². The maximum atomic E-state index is 12.5. The fraction of sp³-hybridized carbons (Fsp3) is 0.250. The third-order valence-corrected chi connectivity index (χ3v) is 5.10. The fourth-order valence-corrected chi connectivity index (χ4v) is 3.98. The molecule has 2 aromatic rings. The summed E-state index contributed by atoms with van der Waals surface area (Å²) in [5.74, 6) is 0. The molecule has 6 nitrogen and oxygen atoms in total. The number of hydrogen-bond acceptors (Lipinski definition) is 4. The fourth-order valence-electron chi connectivity index (χ4n) is 1.85. The predicted molar refractivity (Wildman–Crippen MR) is 83.2 cm³/mol. The number of hydrogen-bond donors (Lipinski definition) is 3. The number of H-pyrrole nitrogens is 1. The zero-order chi connectivity index (χ0) is 15.8. The molecular weight excluding hydrogens is 335 g/mol. The first-order valence-corrected chi connectivity index (χ1v) is 8.22. The molecule has 1 aromatic heterocycles. The number of aromatic amines is 1. The Labute approximate surface area is 132 Å². The minimum Gasteiger partial charge on any atom is -0.326 e. The summed E-state index contributed by atoms with van der Waals surface area (Å²) in [6.07, 6.45) is 0. The van der Waals surface area contributed by atoms with E-state index in [9.17, 15) is 8.42 Å². The Kier molecular flexibility index (Phi) is 4.48. The standard InChI is InChI=1S/C12H14Cl2N4O2S/c1-6-12(7(2)17-16-6)18-21(19,20)10-4-9(13)3-8(5-15)11(10)14/h3-4,18H,5,15H2,1-2H3,(H,16,17). The highest BCUT2D eigenvalue weighted by Crippen LogP contribution is 2.31. The van der Waals surface area contributed by atoms with E-state index >= 15 is 0 Å². The summed E-state index contributed by atoms with van der Waals surface area (Å²) in [6.45, 7) is 3.49. The molecule has 21 heavy (non-hydrogen) atoms. The normalized spacial score (nSPS) is 11.7. The van der Waals surface area contributed by atoms with Gasteiger partial charge in [0.1, 0.15) is 4.90 Å². The first-order chi connectivity index (χ1) is 9.76. The summed E-state index contributed by atoms with van der Waals surface area (Å²) in [7, 11) is -3.90. The number of halogens is 2. The average Bonchev–Trinajstić information content (AvgIpc) is 2.72. The lowest BCUT2D eigenvalue weighted by atomic mass is 10.2. The van der Waals surface area contributed by atoms with Crippen molar-refractivity contribution in [1.29, 1.82) is 0 Å². The van der Waals surface area contributed by atoms with Gasteiger partial charge in [0, 0.05) is 11.6 Å². The van der Waals surface area contributed by atoms with Crippen molar-refractivity contribution in [2.24, 2.45) is 5.73 Å². The Morgan fingerprint density at radius 2 is 2.00 bits per heavy atom. The number of nitrogens with two attached hydrogens (primary N) is 1. The lowest BCUT2D eigenvalue weighted by molar-refractivity contribution is 0.601. The Morgan fingerprint density at radius 3 is 2.52 bits per heavy atom. The largest absolute Gasteiger partial charge is 0.326 e. The summed E-state index contributed by atoms with van der Waals surface area (Å²) in [6, 6.07) is 2.83. The van der Waals surface area contributed by atoms with Crippen molar-refractivity contribution in [3.63, 3.8) is 0 Å². The molecule has 0 spiro atoms. The molecule has 0 aliphatic heterocycles. The molecule has 114 valence electrons. The van der Waals surface area contributed by atoms with Gasteiger partial charge in [-0.2, -0.15) is 5.10 Å². The summed E-state index contributed by atoms with van der Waals surface area (Å²) in [4.78, 5) is -0.114. The van der Waals surface area contributed by atoms with Gasteiger partial charge >= 0.3 is 0 Å². The first-order valence-electron chi connectivity index (χ1n) is 5.98. The van der Waals surface area contributed by atoms with Crippen LogP contribution in [0.15, 0.2) is 17.0 Å². The molecule has 0 saturated carbocycles. The van der Waals surface area contributed by atoms with Crippen LogP contribution in [0.1, 0.15) is 17.0 Å². The van der Waals surface area contributed by atoms with Crippen LogP contribution in [0, 0.1) is 13.8 Å². The monoisotopic (exact) mass is 348 g/mol. The zero-order valence-electron chi connectivity index (χ0n) is 11.4. The van der Waals surface area contributed by atoms with E-state index in [0.29, 0.717) is 22.6 Å². The van der Waals surface area contributed by atoms with Gasteiger partial charge in [-0.1, -0.05) is 23.2 Å². The second-order valence-electron chi connectivity index (χ2n) is 4.50. The maximum Gasteiger partial charge on any atom is 0.263 e. The topological polar surface area (TPSA) is 101 Å². The third-order valence-electron chi connectivity index (χ3n) is 2.95. The van der Waals surface area contributed by atoms with Crippen LogP contribution in [-0.2, 0) is 16.6 Å². The van der Waals surface area contributed by atoms with Gasteiger partial charge in [-0.25, -0.2) is 8.42 Å². The third kappa shape index (κ3) is 3.16. The summed E-state index contributed by atoms with van der Waals surface area (Å²) in [5.41, 5.74) is 7.54. The highest BCUT2D eigenvalue weighted by molar-refractivity contribution is 7.92. The SMILES string of the molecule is Cc1n[nH]c(C)c1NS(=O)(=O)c1cc(Cl)cc(CN)c1Cl. The van der Waals surface area contributed by atoms with E-state index in [1.54, 1.807) is 13.8 Å². The van der Waals surface area contributed by atoms with Crippen LogP contribution in [0.5, 0.6) is 0 Å². The van der Waals surface area contributed by atoms with Crippen molar-refractivity contribution in [3.8, 4) is 0 Å². The molecule has 4 N–H and O–H groups in total. The number of anilines is 1. The highest BCUT2D eigenvalue weighted by atomic mass is 35.5. The number of rotatable bonds is 4. The lowest BCUT2D eigenvalue weighted by Gasteiger charge is -2.12. The van der Waals surface area contributed by atoms with Gasteiger partial charge in [0.25, 0.3) is 10.0 Å². The zero-order valence-corrected chi connectivity index (χ0v) is 13.7. The van der Waals surface area contributed by atoms with E-state index in [0.717, 1.165) is 0 Å². The smallest absolute Gasteiger partial charge is 0.263 e. The molecule has 2 rings (SSSR count). The molecule has 0 unspecified atom stereocenters. The van der Waals surface area contributed by atoms with Gasteiger partial charge < -0.3 is 5.73 Å². The van der Waals surface area contributed by atoms with E-state index in [1.165, 1.54) is 12.1 Å². The van der Waals surface area contributed by atoms with E-state index in [4.69, 9.17) is 28.9 Å². The first kappa shape index (κ1) is 16.1. The molecule has 0 radical (unpaired) electrons. The van der Waals surface area contributed by atoms with Crippen LogP contribution in [-0.4, -0.2) is 18.6 Å². The summed E-state index contributed by atoms with van der Waals surface area (Å²) >= 11 is 12.0. The quantitative estimate of drug-likeness (QED) is 0.790. The van der Waals surface area contributed by atoms with E-state index in [-0.39, 0.29) is 21.5 Å². The Morgan fingerprint density at radius 1 is 1.33 bits per heavy atom. The van der Waals surface area contributed by atoms with Crippen LogP contribution in [0.2, 0.25) is 10.0 Å². The minimum atomic E-state index is -3.90. The lowest BCUT2D eigenvalue weighted by Crippen LogP contribution is -2.15. The molecule has 0 aliphatic rings. The number of sulfonamides is 1. The number of aromatic nitrogens is 2. The molecule has 1 heterocycles. The Balaban J connectivity index is 2.53. The molecule has 0 atom stereocenters.